The molecule has 0 heterocycles. The summed E-state index contributed by atoms with van der Waals surface area (Å²) >= 11 is 0. The second-order valence-corrected chi connectivity index (χ2v) is 4.58. The highest BCUT2D eigenvalue weighted by molar-refractivity contribution is 5.46. The average molecular weight is 272 g/mol. The largest absolute Gasteiger partial charge is 0.497 e. The number of ether oxygens (including phenoxy) is 2. The number of hydrogen-bond donors (Lipinski definition) is 1. The minimum absolute atomic E-state index is 0.113. The Morgan fingerprint density at radius 1 is 1.00 bits per heavy atom. The fourth-order valence-corrected chi connectivity index (χ4v) is 2.42. The summed E-state index contributed by atoms with van der Waals surface area (Å²) < 4.78 is 10.7. The number of aliphatic hydroxyl groups excluding tert-OH is 1. The standard InChI is InChI=1S/C17H20O3/c1-19-14-8-9-16(17(12-14)20-2)15(10-11-18)13-6-4-3-5-7-13/h3-9,12,15,18H,10-11H2,1-2H3/t15-/m0/s1. The number of hydrogen-bond acceptors (Lipinski definition) is 3. The molecule has 1 atom stereocenters. The monoisotopic (exact) mass is 272 g/mol. The van der Waals surface area contributed by atoms with Crippen LogP contribution < -0.4 is 9.47 Å². The quantitative estimate of drug-likeness (QED) is 0.877. The first kappa shape index (κ1) is 14.4. The number of benzene rings is 2. The fraction of sp³-hybridized carbons (Fsp3) is 0.294. The van der Waals surface area contributed by atoms with Gasteiger partial charge in [0, 0.05) is 24.2 Å². The van der Waals surface area contributed by atoms with Crippen LogP contribution in [0.5, 0.6) is 11.5 Å². The van der Waals surface area contributed by atoms with E-state index in [1.165, 1.54) is 5.56 Å². The van der Waals surface area contributed by atoms with Gasteiger partial charge in [-0.25, -0.2) is 0 Å². The van der Waals surface area contributed by atoms with E-state index >= 15 is 0 Å². The summed E-state index contributed by atoms with van der Waals surface area (Å²) in [5.74, 6) is 1.66. The second-order valence-electron chi connectivity index (χ2n) is 4.58. The third-order valence-corrected chi connectivity index (χ3v) is 3.44. The highest BCUT2D eigenvalue weighted by Gasteiger charge is 2.18. The maximum atomic E-state index is 9.36. The summed E-state index contributed by atoms with van der Waals surface area (Å²) in [5.41, 5.74) is 2.23. The number of rotatable bonds is 6. The molecule has 2 aromatic carbocycles. The molecule has 3 heteroatoms. The fourth-order valence-electron chi connectivity index (χ4n) is 2.42. The van der Waals surface area contributed by atoms with Gasteiger partial charge in [-0.3, -0.25) is 0 Å². The molecule has 2 aromatic rings. The van der Waals surface area contributed by atoms with Crippen molar-refractivity contribution in [2.75, 3.05) is 20.8 Å². The molecule has 0 unspecified atom stereocenters. The van der Waals surface area contributed by atoms with E-state index in [-0.39, 0.29) is 12.5 Å². The highest BCUT2D eigenvalue weighted by Crippen LogP contribution is 2.36. The van der Waals surface area contributed by atoms with E-state index in [0.717, 1.165) is 17.1 Å². The molecule has 0 saturated heterocycles. The lowest BCUT2D eigenvalue weighted by molar-refractivity contribution is 0.280. The molecule has 0 saturated carbocycles. The Morgan fingerprint density at radius 3 is 2.35 bits per heavy atom. The smallest absolute Gasteiger partial charge is 0.126 e. The van der Waals surface area contributed by atoms with Crippen molar-refractivity contribution in [2.45, 2.75) is 12.3 Å². The van der Waals surface area contributed by atoms with Crippen LogP contribution in [0, 0.1) is 0 Å². The van der Waals surface area contributed by atoms with Gasteiger partial charge in [-0.1, -0.05) is 36.4 Å². The summed E-state index contributed by atoms with van der Waals surface area (Å²) in [6, 6.07) is 16.0. The zero-order valence-corrected chi connectivity index (χ0v) is 11.9. The van der Waals surface area contributed by atoms with Crippen molar-refractivity contribution in [2.24, 2.45) is 0 Å². The van der Waals surface area contributed by atoms with Gasteiger partial charge in [0.2, 0.25) is 0 Å². The summed E-state index contributed by atoms with van der Waals surface area (Å²) in [7, 11) is 3.29. The first-order valence-electron chi connectivity index (χ1n) is 6.68. The zero-order chi connectivity index (χ0) is 14.4. The summed E-state index contributed by atoms with van der Waals surface area (Å²) in [6.07, 6.45) is 0.659. The van der Waals surface area contributed by atoms with E-state index in [1.54, 1.807) is 14.2 Å². The molecule has 0 aliphatic heterocycles. The normalized spacial score (nSPS) is 11.9. The summed E-state index contributed by atoms with van der Waals surface area (Å²) in [5, 5.41) is 9.36. The maximum absolute atomic E-state index is 9.36. The van der Waals surface area contributed by atoms with Crippen molar-refractivity contribution < 1.29 is 14.6 Å². The Morgan fingerprint density at radius 2 is 1.75 bits per heavy atom. The van der Waals surface area contributed by atoms with Crippen molar-refractivity contribution in [1.82, 2.24) is 0 Å². The topological polar surface area (TPSA) is 38.7 Å². The van der Waals surface area contributed by atoms with Crippen molar-refractivity contribution in [3.8, 4) is 11.5 Å². The molecule has 2 rings (SSSR count). The number of methoxy groups -OCH3 is 2. The molecule has 0 aliphatic carbocycles. The van der Waals surface area contributed by atoms with Crippen LogP contribution in [0.3, 0.4) is 0 Å². The van der Waals surface area contributed by atoms with Gasteiger partial charge in [0.15, 0.2) is 0 Å². The van der Waals surface area contributed by atoms with Gasteiger partial charge in [0.25, 0.3) is 0 Å². The van der Waals surface area contributed by atoms with E-state index < -0.39 is 0 Å². The van der Waals surface area contributed by atoms with Crippen molar-refractivity contribution >= 4 is 0 Å². The van der Waals surface area contributed by atoms with Crippen LogP contribution in [-0.2, 0) is 0 Å². The molecular formula is C17H20O3. The predicted molar refractivity (Wildman–Crippen MR) is 79.5 cm³/mol. The van der Waals surface area contributed by atoms with Crippen LogP contribution in [0.2, 0.25) is 0 Å². The Bertz CT molecular complexity index is 537. The van der Waals surface area contributed by atoms with Gasteiger partial charge in [0.05, 0.1) is 14.2 Å². The van der Waals surface area contributed by atoms with Crippen LogP contribution in [0.4, 0.5) is 0 Å². The molecular weight excluding hydrogens is 252 g/mol. The molecule has 1 N–H and O–H groups in total. The van der Waals surface area contributed by atoms with Crippen molar-refractivity contribution in [3.63, 3.8) is 0 Å². The van der Waals surface area contributed by atoms with Gasteiger partial charge < -0.3 is 14.6 Å². The molecule has 0 aromatic heterocycles. The molecule has 0 fully saturated rings. The lowest BCUT2D eigenvalue weighted by Crippen LogP contribution is -2.06. The molecule has 0 radical (unpaired) electrons. The Kier molecular flexibility index (Phi) is 5.02. The van der Waals surface area contributed by atoms with Crippen LogP contribution in [0.15, 0.2) is 48.5 Å². The van der Waals surface area contributed by atoms with Gasteiger partial charge in [-0.05, 0) is 18.1 Å². The minimum atomic E-state index is 0.113. The van der Waals surface area contributed by atoms with Gasteiger partial charge in [-0.15, -0.1) is 0 Å². The van der Waals surface area contributed by atoms with Gasteiger partial charge >= 0.3 is 0 Å². The third-order valence-electron chi connectivity index (χ3n) is 3.44. The van der Waals surface area contributed by atoms with E-state index in [1.807, 2.05) is 36.4 Å². The van der Waals surface area contributed by atoms with Crippen LogP contribution in [0.1, 0.15) is 23.5 Å². The molecule has 106 valence electrons. The summed E-state index contributed by atoms with van der Waals surface area (Å²) in [6.45, 7) is 0.134. The Hall–Kier alpha value is -2.00. The third kappa shape index (κ3) is 3.11. The van der Waals surface area contributed by atoms with E-state index in [0.29, 0.717) is 6.42 Å². The Labute approximate surface area is 119 Å². The van der Waals surface area contributed by atoms with E-state index in [2.05, 4.69) is 12.1 Å². The van der Waals surface area contributed by atoms with E-state index in [9.17, 15) is 5.11 Å². The lowest BCUT2D eigenvalue weighted by atomic mass is 9.88. The molecule has 20 heavy (non-hydrogen) atoms. The highest BCUT2D eigenvalue weighted by atomic mass is 16.5. The molecule has 0 aliphatic rings. The van der Waals surface area contributed by atoms with Gasteiger partial charge in [0.1, 0.15) is 11.5 Å². The predicted octanol–water partition coefficient (Wildman–Crippen LogP) is 3.22. The SMILES string of the molecule is COc1ccc([C@@H](CCO)c2ccccc2)c(OC)c1. The summed E-state index contributed by atoms with van der Waals surface area (Å²) in [4.78, 5) is 0. The van der Waals surface area contributed by atoms with E-state index in [4.69, 9.17) is 9.47 Å². The van der Waals surface area contributed by atoms with Crippen LogP contribution in [-0.4, -0.2) is 25.9 Å². The van der Waals surface area contributed by atoms with Crippen LogP contribution in [0.25, 0.3) is 0 Å². The van der Waals surface area contributed by atoms with Crippen LogP contribution >= 0.6 is 0 Å². The van der Waals surface area contributed by atoms with Crippen molar-refractivity contribution in [3.05, 3.63) is 59.7 Å². The van der Waals surface area contributed by atoms with Gasteiger partial charge in [-0.2, -0.15) is 0 Å². The molecule has 3 nitrogen and oxygen atoms in total. The molecule has 0 amide bonds. The minimum Gasteiger partial charge on any atom is -0.497 e. The first-order chi connectivity index (χ1) is 9.80. The lowest BCUT2D eigenvalue weighted by Gasteiger charge is -2.20. The number of aliphatic hydroxyl groups is 1. The molecule has 0 spiro atoms. The first-order valence-corrected chi connectivity index (χ1v) is 6.68. The average Bonchev–Trinajstić information content (AvgIpc) is 2.53. The Balaban J connectivity index is 2.44. The second kappa shape index (κ2) is 6.96. The molecule has 0 bridgehead atoms. The van der Waals surface area contributed by atoms with Crippen molar-refractivity contribution in [1.29, 1.82) is 0 Å². The zero-order valence-electron chi connectivity index (χ0n) is 11.9. The maximum Gasteiger partial charge on any atom is 0.126 e.